The second-order valence-electron chi connectivity index (χ2n) is 1.97. The number of hydrogen-bond donors (Lipinski definition) is 1. The molecule has 0 radical (unpaired) electrons. The number of nitrogens with zero attached hydrogens (tertiary/aromatic N) is 1. The summed E-state index contributed by atoms with van der Waals surface area (Å²) >= 11 is 0. The van der Waals surface area contributed by atoms with Crippen molar-refractivity contribution in [3.8, 4) is 0 Å². The molecule has 1 amide bonds. The Labute approximate surface area is 53.7 Å². The van der Waals surface area contributed by atoms with E-state index >= 15 is 0 Å². The van der Waals surface area contributed by atoms with Crippen molar-refractivity contribution in [1.82, 2.24) is 10.4 Å². The highest BCUT2D eigenvalue weighted by atomic mass is 16.7. The molecule has 0 aromatic rings. The summed E-state index contributed by atoms with van der Waals surface area (Å²) in [5.74, 6) is -0.00231. The Morgan fingerprint density at radius 3 is 2.78 bits per heavy atom. The molecule has 0 aliphatic carbocycles. The molecule has 4 heteroatoms. The minimum absolute atomic E-state index is 0.00231. The number of carbonyl (C=O) groups excluding carboxylic acids is 1. The lowest BCUT2D eigenvalue weighted by Gasteiger charge is -2.04. The largest absolute Gasteiger partial charge is 0.307 e. The van der Waals surface area contributed by atoms with Crippen LogP contribution in [0.3, 0.4) is 0 Å². The summed E-state index contributed by atoms with van der Waals surface area (Å²) in [7, 11) is 3.35. The molecule has 52 valence electrons. The van der Waals surface area contributed by atoms with Crippen molar-refractivity contribution in [1.29, 1.82) is 0 Å². The Morgan fingerprint density at radius 1 is 1.89 bits per heavy atom. The maximum atomic E-state index is 10.9. The van der Waals surface area contributed by atoms with Crippen LogP contribution in [0.4, 0.5) is 0 Å². The molecule has 0 saturated carbocycles. The number of likely N-dealkylation sites (N-methyl/N-ethyl adjacent to an activating group) is 2. The molecule has 1 rings (SSSR count). The molecule has 1 atom stereocenters. The molecule has 0 bridgehead atoms. The second-order valence-corrected chi connectivity index (χ2v) is 1.97. The van der Waals surface area contributed by atoms with Gasteiger partial charge in [-0.3, -0.25) is 9.63 Å². The Morgan fingerprint density at radius 2 is 2.56 bits per heavy atom. The van der Waals surface area contributed by atoms with Gasteiger partial charge in [0.1, 0.15) is 6.04 Å². The lowest BCUT2D eigenvalue weighted by molar-refractivity contribution is -0.154. The maximum absolute atomic E-state index is 10.9. The minimum atomic E-state index is -0.144. The van der Waals surface area contributed by atoms with Gasteiger partial charge >= 0.3 is 0 Å². The van der Waals surface area contributed by atoms with E-state index in [1.165, 1.54) is 5.06 Å². The fraction of sp³-hybridized carbons (Fsp3) is 0.800. The Balaban J connectivity index is 2.51. The van der Waals surface area contributed by atoms with Crippen molar-refractivity contribution in [3.63, 3.8) is 0 Å². The molecule has 9 heavy (non-hydrogen) atoms. The lowest BCUT2D eigenvalue weighted by atomic mass is 10.3. The minimum Gasteiger partial charge on any atom is -0.307 e. The van der Waals surface area contributed by atoms with E-state index in [1.807, 2.05) is 0 Å². The van der Waals surface area contributed by atoms with Gasteiger partial charge in [-0.1, -0.05) is 0 Å². The summed E-state index contributed by atoms with van der Waals surface area (Å²) in [4.78, 5) is 15.8. The summed E-state index contributed by atoms with van der Waals surface area (Å²) in [5, 5.41) is 4.08. The number of hydroxylamine groups is 2. The van der Waals surface area contributed by atoms with Crippen molar-refractivity contribution in [2.24, 2.45) is 0 Å². The highest BCUT2D eigenvalue weighted by Gasteiger charge is 2.28. The molecule has 1 aliphatic heterocycles. The van der Waals surface area contributed by atoms with Crippen LogP contribution in [0.5, 0.6) is 0 Å². The normalized spacial score (nSPS) is 27.6. The van der Waals surface area contributed by atoms with Crippen LogP contribution in [0.25, 0.3) is 0 Å². The van der Waals surface area contributed by atoms with Crippen molar-refractivity contribution in [2.45, 2.75) is 6.04 Å². The predicted octanol–water partition coefficient (Wildman–Crippen LogP) is -1.02. The molecule has 0 spiro atoms. The van der Waals surface area contributed by atoms with Gasteiger partial charge in [0.25, 0.3) is 5.91 Å². The number of carbonyl (C=O) groups is 1. The number of nitrogens with one attached hydrogen (secondary N) is 1. The van der Waals surface area contributed by atoms with Crippen molar-refractivity contribution in [2.75, 3.05) is 20.7 Å². The first kappa shape index (κ1) is 6.51. The van der Waals surface area contributed by atoms with E-state index in [0.29, 0.717) is 6.61 Å². The van der Waals surface area contributed by atoms with Crippen molar-refractivity contribution in [3.05, 3.63) is 0 Å². The van der Waals surface area contributed by atoms with E-state index in [9.17, 15) is 4.79 Å². The topological polar surface area (TPSA) is 41.6 Å². The van der Waals surface area contributed by atoms with Crippen LogP contribution in [0.2, 0.25) is 0 Å². The highest BCUT2D eigenvalue weighted by Crippen LogP contribution is 2.02. The van der Waals surface area contributed by atoms with E-state index in [-0.39, 0.29) is 11.9 Å². The highest BCUT2D eigenvalue weighted by molar-refractivity contribution is 5.82. The Bertz CT molecular complexity index is 126. The monoisotopic (exact) mass is 130 g/mol. The van der Waals surface area contributed by atoms with Gasteiger partial charge in [0.05, 0.1) is 6.61 Å². The molecule has 1 N–H and O–H groups in total. The van der Waals surface area contributed by atoms with Gasteiger partial charge in [-0.2, -0.15) is 0 Å². The number of amides is 1. The van der Waals surface area contributed by atoms with E-state index in [1.54, 1.807) is 14.1 Å². The summed E-state index contributed by atoms with van der Waals surface area (Å²) in [6.07, 6.45) is 0. The van der Waals surface area contributed by atoms with E-state index in [2.05, 4.69) is 5.32 Å². The van der Waals surface area contributed by atoms with Crippen molar-refractivity contribution >= 4 is 5.91 Å². The zero-order valence-electron chi connectivity index (χ0n) is 5.55. The second kappa shape index (κ2) is 2.33. The lowest BCUT2D eigenvalue weighted by Crippen LogP contribution is -2.35. The Kier molecular flexibility index (Phi) is 1.68. The van der Waals surface area contributed by atoms with Crippen LogP contribution < -0.4 is 5.32 Å². The van der Waals surface area contributed by atoms with Crippen LogP contribution in [0.1, 0.15) is 0 Å². The third-order valence-corrected chi connectivity index (χ3v) is 1.39. The van der Waals surface area contributed by atoms with Crippen LogP contribution in [0, 0.1) is 0 Å². The fourth-order valence-corrected chi connectivity index (χ4v) is 0.748. The van der Waals surface area contributed by atoms with Crippen LogP contribution in [-0.4, -0.2) is 37.7 Å². The molecule has 1 fully saturated rings. The third kappa shape index (κ3) is 1.04. The van der Waals surface area contributed by atoms with Gasteiger partial charge in [0.15, 0.2) is 0 Å². The Hall–Kier alpha value is -0.610. The van der Waals surface area contributed by atoms with E-state index in [4.69, 9.17) is 4.84 Å². The molecule has 0 aromatic heterocycles. The summed E-state index contributed by atoms with van der Waals surface area (Å²) in [6.45, 7) is 0.450. The van der Waals surface area contributed by atoms with Crippen LogP contribution >= 0.6 is 0 Å². The first-order valence-electron chi connectivity index (χ1n) is 2.83. The number of hydrogen-bond acceptors (Lipinski definition) is 3. The summed E-state index contributed by atoms with van der Waals surface area (Å²) in [5.41, 5.74) is 0. The first-order valence-corrected chi connectivity index (χ1v) is 2.83. The van der Waals surface area contributed by atoms with E-state index in [0.717, 1.165) is 0 Å². The first-order chi connectivity index (χ1) is 4.25. The smallest absolute Gasteiger partial charge is 0.265 e. The molecular formula is C5H10N2O2. The predicted molar refractivity (Wildman–Crippen MR) is 31.6 cm³/mol. The zero-order chi connectivity index (χ0) is 6.85. The number of rotatable bonds is 1. The zero-order valence-corrected chi connectivity index (χ0v) is 5.55. The van der Waals surface area contributed by atoms with Gasteiger partial charge in [-0.05, 0) is 7.05 Å². The SMILES string of the molecule is CN[C@@H]1CON(C)C1=O. The summed E-state index contributed by atoms with van der Waals surface area (Å²) in [6, 6.07) is -0.144. The molecular weight excluding hydrogens is 120 g/mol. The van der Waals surface area contributed by atoms with Crippen LogP contribution in [-0.2, 0) is 9.63 Å². The molecule has 0 unspecified atom stereocenters. The molecule has 1 heterocycles. The third-order valence-electron chi connectivity index (χ3n) is 1.39. The standard InChI is InChI=1S/C5H10N2O2/c1-6-4-3-9-7(2)5(4)8/h4,6H,3H2,1-2H3/t4-/m1/s1. The molecule has 4 nitrogen and oxygen atoms in total. The average Bonchev–Trinajstić information content (AvgIpc) is 2.15. The molecule has 1 saturated heterocycles. The fourth-order valence-electron chi connectivity index (χ4n) is 0.748. The molecule has 1 aliphatic rings. The van der Waals surface area contributed by atoms with Gasteiger partial charge in [0.2, 0.25) is 0 Å². The van der Waals surface area contributed by atoms with Crippen molar-refractivity contribution < 1.29 is 9.63 Å². The quantitative estimate of drug-likeness (QED) is 0.494. The summed E-state index contributed by atoms with van der Waals surface area (Å²) < 4.78 is 0. The van der Waals surface area contributed by atoms with E-state index < -0.39 is 0 Å². The van der Waals surface area contributed by atoms with Gasteiger partial charge in [0, 0.05) is 7.05 Å². The van der Waals surface area contributed by atoms with Crippen LogP contribution in [0.15, 0.2) is 0 Å². The average molecular weight is 130 g/mol. The molecule has 0 aromatic carbocycles. The maximum Gasteiger partial charge on any atom is 0.265 e. The van der Waals surface area contributed by atoms with Gasteiger partial charge < -0.3 is 5.32 Å². The van der Waals surface area contributed by atoms with Gasteiger partial charge in [-0.25, -0.2) is 5.06 Å². The van der Waals surface area contributed by atoms with Gasteiger partial charge in [-0.15, -0.1) is 0 Å².